The highest BCUT2D eigenvalue weighted by Crippen LogP contribution is 2.13. The lowest BCUT2D eigenvalue weighted by Gasteiger charge is -2.05. The Kier molecular flexibility index (Phi) is 3.10. The molecule has 14 heavy (non-hydrogen) atoms. The van der Waals surface area contributed by atoms with Crippen molar-refractivity contribution in [1.82, 2.24) is 15.3 Å². The van der Waals surface area contributed by atoms with Gasteiger partial charge in [0, 0.05) is 6.54 Å². The van der Waals surface area contributed by atoms with E-state index in [0.717, 1.165) is 19.5 Å². The third-order valence-electron chi connectivity index (χ3n) is 2.09. The summed E-state index contributed by atoms with van der Waals surface area (Å²) in [6.07, 6.45) is 3.87. The summed E-state index contributed by atoms with van der Waals surface area (Å²) in [5.41, 5.74) is 0. The van der Waals surface area contributed by atoms with E-state index < -0.39 is 10.8 Å². The lowest BCUT2D eigenvalue weighted by molar-refractivity contribution is 0.664. The minimum atomic E-state index is -1.11. The Morgan fingerprint density at radius 2 is 2.21 bits per heavy atom. The summed E-state index contributed by atoms with van der Waals surface area (Å²) in [6, 6.07) is 0. The fourth-order valence-corrected chi connectivity index (χ4v) is 2.67. The molecule has 1 fully saturated rings. The Hall–Kier alpha value is -0.520. The maximum Gasteiger partial charge on any atom is 0.218 e. The van der Waals surface area contributed by atoms with Crippen molar-refractivity contribution >= 4 is 22.4 Å². The molecule has 1 aromatic heterocycles. The van der Waals surface area contributed by atoms with Gasteiger partial charge in [0.05, 0.1) is 33.5 Å². The first kappa shape index (κ1) is 10.0. The van der Waals surface area contributed by atoms with Crippen LogP contribution in [0.15, 0.2) is 17.6 Å². The Bertz CT molecular complexity index is 337. The molecule has 0 aromatic carbocycles. The van der Waals surface area contributed by atoms with Gasteiger partial charge in [0.2, 0.25) is 5.16 Å². The Labute approximate surface area is 89.6 Å². The lowest BCUT2D eigenvalue weighted by Crippen LogP contribution is -2.20. The second kappa shape index (κ2) is 4.33. The van der Waals surface area contributed by atoms with Gasteiger partial charge in [0.25, 0.3) is 0 Å². The molecule has 0 saturated carbocycles. The van der Waals surface area contributed by atoms with Gasteiger partial charge in [0.15, 0.2) is 0 Å². The van der Waals surface area contributed by atoms with Crippen molar-refractivity contribution in [3.8, 4) is 0 Å². The minimum absolute atomic E-state index is 0.135. The average Bonchev–Trinajstić information content (AvgIpc) is 2.71. The fraction of sp³-hybridized carbons (Fsp3) is 0.500. The zero-order valence-electron chi connectivity index (χ0n) is 7.44. The van der Waals surface area contributed by atoms with Crippen molar-refractivity contribution in [3.63, 3.8) is 0 Å². The van der Waals surface area contributed by atoms with E-state index in [2.05, 4.69) is 15.3 Å². The molecule has 1 aliphatic heterocycles. The summed E-state index contributed by atoms with van der Waals surface area (Å²) in [5, 5.41) is 4.14. The summed E-state index contributed by atoms with van der Waals surface area (Å²) in [4.78, 5) is 7.90. The predicted molar refractivity (Wildman–Crippen MR) is 54.7 cm³/mol. The number of rotatable bonds is 2. The third-order valence-corrected chi connectivity index (χ3v) is 3.87. The maximum absolute atomic E-state index is 11.9. The normalized spacial score (nSPS) is 23.6. The quantitative estimate of drug-likeness (QED) is 0.758. The summed E-state index contributed by atoms with van der Waals surface area (Å²) in [5.74, 6) is 0. The average molecular weight is 232 g/mol. The second-order valence-corrected chi connectivity index (χ2v) is 5.16. The monoisotopic (exact) mass is 231 g/mol. The van der Waals surface area contributed by atoms with Crippen LogP contribution in [-0.2, 0) is 10.8 Å². The van der Waals surface area contributed by atoms with Crippen LogP contribution in [0.4, 0.5) is 0 Å². The van der Waals surface area contributed by atoms with Crippen LogP contribution in [0.2, 0.25) is 5.02 Å². The van der Waals surface area contributed by atoms with Gasteiger partial charge >= 0.3 is 0 Å². The maximum atomic E-state index is 11.9. The molecule has 2 rings (SSSR count). The smallest absolute Gasteiger partial charge is 0.218 e. The van der Waals surface area contributed by atoms with Crippen LogP contribution in [0, 0.1) is 0 Å². The number of hydrogen-bond acceptors (Lipinski definition) is 4. The van der Waals surface area contributed by atoms with E-state index in [0.29, 0.717) is 10.2 Å². The molecule has 2 heterocycles. The van der Waals surface area contributed by atoms with Crippen LogP contribution in [0.25, 0.3) is 0 Å². The van der Waals surface area contributed by atoms with Gasteiger partial charge in [-0.15, -0.1) is 0 Å². The van der Waals surface area contributed by atoms with Crippen molar-refractivity contribution in [3.05, 3.63) is 17.4 Å². The summed E-state index contributed by atoms with van der Waals surface area (Å²) in [7, 11) is -1.11. The number of nitrogens with one attached hydrogen (secondary N) is 1. The molecule has 4 nitrogen and oxygen atoms in total. The van der Waals surface area contributed by atoms with Crippen LogP contribution in [0.1, 0.15) is 6.42 Å². The number of hydrogen-bond donors (Lipinski definition) is 1. The van der Waals surface area contributed by atoms with Crippen LogP contribution < -0.4 is 5.32 Å². The van der Waals surface area contributed by atoms with Crippen molar-refractivity contribution < 1.29 is 4.21 Å². The van der Waals surface area contributed by atoms with Gasteiger partial charge in [-0.2, -0.15) is 0 Å². The van der Waals surface area contributed by atoms with Crippen molar-refractivity contribution in [2.24, 2.45) is 0 Å². The van der Waals surface area contributed by atoms with E-state index >= 15 is 0 Å². The largest absolute Gasteiger partial charge is 0.315 e. The van der Waals surface area contributed by atoms with E-state index in [-0.39, 0.29) is 5.25 Å². The van der Waals surface area contributed by atoms with Crippen LogP contribution >= 0.6 is 11.6 Å². The van der Waals surface area contributed by atoms with E-state index in [1.165, 1.54) is 12.4 Å². The van der Waals surface area contributed by atoms with E-state index in [1.54, 1.807) is 0 Å². The first-order valence-corrected chi connectivity index (χ1v) is 5.95. The zero-order chi connectivity index (χ0) is 9.97. The SMILES string of the molecule is O=[S@@](c1ncc(Cl)cn1)[C@@H]1CCNC1. The van der Waals surface area contributed by atoms with Crippen molar-refractivity contribution in [2.45, 2.75) is 16.8 Å². The van der Waals surface area contributed by atoms with Crippen molar-refractivity contribution in [1.29, 1.82) is 0 Å². The molecule has 1 aliphatic rings. The molecule has 1 N–H and O–H groups in total. The van der Waals surface area contributed by atoms with Gasteiger partial charge in [-0.3, -0.25) is 4.21 Å². The topological polar surface area (TPSA) is 54.9 Å². The molecule has 1 saturated heterocycles. The number of aromatic nitrogens is 2. The molecule has 2 atom stereocenters. The molecular weight excluding hydrogens is 222 g/mol. The summed E-state index contributed by atoms with van der Waals surface area (Å²) in [6.45, 7) is 1.70. The van der Waals surface area contributed by atoms with E-state index in [1.807, 2.05) is 0 Å². The van der Waals surface area contributed by atoms with Gasteiger partial charge in [-0.25, -0.2) is 9.97 Å². The molecule has 6 heteroatoms. The molecule has 0 amide bonds. The molecule has 0 radical (unpaired) electrons. The Balaban J connectivity index is 2.14. The predicted octanol–water partition coefficient (Wildman–Crippen LogP) is 0.599. The highest BCUT2D eigenvalue weighted by atomic mass is 35.5. The van der Waals surface area contributed by atoms with E-state index in [9.17, 15) is 4.21 Å². The minimum Gasteiger partial charge on any atom is -0.315 e. The van der Waals surface area contributed by atoms with Gasteiger partial charge in [0.1, 0.15) is 0 Å². The molecular formula is C8H10ClN3OS. The van der Waals surface area contributed by atoms with Crippen molar-refractivity contribution in [2.75, 3.05) is 13.1 Å². The first-order chi connectivity index (χ1) is 6.77. The highest BCUT2D eigenvalue weighted by Gasteiger charge is 2.23. The Morgan fingerprint density at radius 1 is 1.50 bits per heavy atom. The zero-order valence-corrected chi connectivity index (χ0v) is 9.01. The third kappa shape index (κ3) is 2.10. The summed E-state index contributed by atoms with van der Waals surface area (Å²) < 4.78 is 11.9. The first-order valence-electron chi connectivity index (χ1n) is 4.36. The number of halogens is 1. The molecule has 0 bridgehead atoms. The number of nitrogens with zero attached hydrogens (tertiary/aromatic N) is 2. The fourth-order valence-electron chi connectivity index (χ4n) is 1.36. The van der Waals surface area contributed by atoms with Crippen LogP contribution in [-0.4, -0.2) is 32.5 Å². The highest BCUT2D eigenvalue weighted by molar-refractivity contribution is 7.85. The lowest BCUT2D eigenvalue weighted by atomic mass is 10.4. The summed E-state index contributed by atoms with van der Waals surface area (Å²) >= 11 is 5.64. The second-order valence-electron chi connectivity index (χ2n) is 3.10. The molecule has 76 valence electrons. The van der Waals surface area contributed by atoms with Crippen LogP contribution in [0.5, 0.6) is 0 Å². The molecule has 1 aromatic rings. The van der Waals surface area contributed by atoms with Gasteiger partial charge in [-0.05, 0) is 13.0 Å². The molecule has 0 unspecified atom stereocenters. The van der Waals surface area contributed by atoms with E-state index in [4.69, 9.17) is 11.6 Å². The molecule has 0 aliphatic carbocycles. The standard InChI is InChI=1S/C8H10ClN3OS/c9-6-3-11-8(12-4-6)14(13)7-1-2-10-5-7/h3-4,7,10H,1-2,5H2/t7-,14-/m1/s1. The Morgan fingerprint density at radius 3 is 2.79 bits per heavy atom. The van der Waals surface area contributed by atoms with Crippen LogP contribution in [0.3, 0.4) is 0 Å². The van der Waals surface area contributed by atoms with Gasteiger partial charge in [-0.1, -0.05) is 11.6 Å². The molecule has 0 spiro atoms. The van der Waals surface area contributed by atoms with Gasteiger partial charge < -0.3 is 5.32 Å².